The van der Waals surface area contributed by atoms with E-state index in [1.165, 1.54) is 6.20 Å². The summed E-state index contributed by atoms with van der Waals surface area (Å²) in [5.74, 6) is 0.179. The van der Waals surface area contributed by atoms with Crippen LogP contribution >= 0.6 is 12.4 Å². The fraction of sp³-hybridized carbons (Fsp3) is 0.235. The molecule has 0 radical (unpaired) electrons. The maximum Gasteiger partial charge on any atom is 0.339 e. The third-order valence-electron chi connectivity index (χ3n) is 4.09. The van der Waals surface area contributed by atoms with Crippen molar-refractivity contribution < 1.29 is 17.0 Å². The van der Waals surface area contributed by atoms with Crippen molar-refractivity contribution in [2.24, 2.45) is 0 Å². The van der Waals surface area contributed by atoms with E-state index in [1.54, 1.807) is 42.8 Å². The largest absolute Gasteiger partial charge is 0.462 e. The molecular formula is C17H18ClN3O4S. The zero-order chi connectivity index (χ0) is 17.3. The first-order valence-electron chi connectivity index (χ1n) is 7.95. The SMILES string of the molecule is Cl.O=S(=O)(Oc1cccnc1)c1cc(N2CCNCC2)c2occc2c1. The quantitative estimate of drug-likeness (QED) is 0.679. The van der Waals surface area contributed by atoms with Crippen LogP contribution in [0.15, 0.2) is 58.3 Å². The summed E-state index contributed by atoms with van der Waals surface area (Å²) in [5.41, 5.74) is 1.44. The number of piperazine rings is 1. The van der Waals surface area contributed by atoms with Crippen LogP contribution in [0.2, 0.25) is 0 Å². The number of hydrogen-bond donors (Lipinski definition) is 1. The van der Waals surface area contributed by atoms with E-state index in [2.05, 4.69) is 15.2 Å². The van der Waals surface area contributed by atoms with Gasteiger partial charge in [0, 0.05) is 37.8 Å². The lowest BCUT2D eigenvalue weighted by atomic mass is 10.2. The summed E-state index contributed by atoms with van der Waals surface area (Å²) in [6.45, 7) is 3.24. The Balaban J connectivity index is 0.00000196. The highest BCUT2D eigenvalue weighted by Gasteiger charge is 2.23. The Labute approximate surface area is 157 Å². The van der Waals surface area contributed by atoms with Gasteiger partial charge >= 0.3 is 10.1 Å². The molecule has 9 heteroatoms. The standard InChI is InChI=1S/C17H17N3O4S.ClH/c21-25(22,24-14-2-1-4-19-12-14)15-10-13-3-9-23-17(13)16(11-15)20-7-5-18-6-8-20;/h1-4,9-12,18H,5-8H2;1H. The Morgan fingerprint density at radius 2 is 2.00 bits per heavy atom. The van der Waals surface area contributed by atoms with Crippen LogP contribution in [0.3, 0.4) is 0 Å². The van der Waals surface area contributed by atoms with E-state index in [0.29, 0.717) is 5.58 Å². The molecule has 1 aliphatic rings. The minimum Gasteiger partial charge on any atom is -0.462 e. The van der Waals surface area contributed by atoms with Gasteiger partial charge in [-0.25, -0.2) is 0 Å². The minimum atomic E-state index is -3.97. The first kappa shape index (κ1) is 18.5. The molecule has 0 amide bonds. The smallest absolute Gasteiger partial charge is 0.339 e. The third-order valence-corrected chi connectivity index (χ3v) is 5.32. The highest BCUT2D eigenvalue weighted by Crippen LogP contribution is 2.32. The lowest BCUT2D eigenvalue weighted by Crippen LogP contribution is -2.43. The number of pyridine rings is 1. The molecule has 0 saturated carbocycles. The second-order valence-corrected chi connectivity index (χ2v) is 7.29. The summed E-state index contributed by atoms with van der Waals surface area (Å²) in [6.07, 6.45) is 4.49. The number of nitrogens with zero attached hydrogens (tertiary/aromatic N) is 2. The second kappa shape index (κ2) is 7.53. The lowest BCUT2D eigenvalue weighted by Gasteiger charge is -2.29. The first-order chi connectivity index (χ1) is 12.1. The molecule has 0 unspecified atom stereocenters. The fourth-order valence-electron chi connectivity index (χ4n) is 2.89. The highest BCUT2D eigenvalue weighted by atomic mass is 35.5. The van der Waals surface area contributed by atoms with Gasteiger partial charge in [0.1, 0.15) is 4.90 Å². The van der Waals surface area contributed by atoms with Gasteiger partial charge in [0.15, 0.2) is 11.3 Å². The van der Waals surface area contributed by atoms with Crippen LogP contribution in [0.5, 0.6) is 5.75 Å². The minimum absolute atomic E-state index is 0. The van der Waals surface area contributed by atoms with Crippen molar-refractivity contribution in [3.63, 3.8) is 0 Å². The number of anilines is 1. The van der Waals surface area contributed by atoms with Crippen molar-refractivity contribution in [3.05, 3.63) is 49.0 Å². The maximum absolute atomic E-state index is 12.7. The average molecular weight is 396 g/mol. The molecule has 0 atom stereocenters. The van der Waals surface area contributed by atoms with Gasteiger partial charge in [0.25, 0.3) is 0 Å². The van der Waals surface area contributed by atoms with E-state index in [0.717, 1.165) is 37.3 Å². The molecule has 0 spiro atoms. The van der Waals surface area contributed by atoms with E-state index >= 15 is 0 Å². The zero-order valence-corrected chi connectivity index (χ0v) is 15.4. The molecule has 138 valence electrons. The van der Waals surface area contributed by atoms with Crippen molar-refractivity contribution in [1.82, 2.24) is 10.3 Å². The summed E-state index contributed by atoms with van der Waals surface area (Å²) in [6, 6.07) is 8.11. The van der Waals surface area contributed by atoms with E-state index in [4.69, 9.17) is 8.60 Å². The average Bonchev–Trinajstić information content (AvgIpc) is 3.11. The number of aromatic nitrogens is 1. The van der Waals surface area contributed by atoms with Gasteiger partial charge in [-0.1, -0.05) is 0 Å². The number of rotatable bonds is 4. The van der Waals surface area contributed by atoms with Gasteiger partial charge in [0.05, 0.1) is 18.1 Å². The Bertz CT molecular complexity index is 986. The predicted octanol–water partition coefficient (Wildman–Crippen LogP) is 2.43. The molecule has 1 N–H and O–H groups in total. The molecule has 4 rings (SSSR count). The molecule has 1 aromatic carbocycles. The summed E-state index contributed by atoms with van der Waals surface area (Å²) in [7, 11) is -3.97. The topological polar surface area (TPSA) is 84.7 Å². The van der Waals surface area contributed by atoms with Crippen LogP contribution in [-0.4, -0.2) is 39.6 Å². The number of nitrogens with one attached hydrogen (secondary N) is 1. The molecule has 26 heavy (non-hydrogen) atoms. The number of benzene rings is 1. The molecule has 0 aliphatic carbocycles. The molecule has 1 fully saturated rings. The van der Waals surface area contributed by atoms with Crippen LogP contribution in [0.25, 0.3) is 11.0 Å². The van der Waals surface area contributed by atoms with Crippen molar-refractivity contribution >= 4 is 39.2 Å². The van der Waals surface area contributed by atoms with Gasteiger partial charge in [0.2, 0.25) is 0 Å². The van der Waals surface area contributed by atoms with Crippen molar-refractivity contribution in [1.29, 1.82) is 0 Å². The van der Waals surface area contributed by atoms with E-state index in [1.807, 2.05) is 0 Å². The summed E-state index contributed by atoms with van der Waals surface area (Å²) >= 11 is 0. The molecule has 3 heterocycles. The Morgan fingerprint density at radius 3 is 2.73 bits per heavy atom. The van der Waals surface area contributed by atoms with Gasteiger partial charge in [-0.3, -0.25) is 4.98 Å². The monoisotopic (exact) mass is 395 g/mol. The van der Waals surface area contributed by atoms with Crippen molar-refractivity contribution in [2.75, 3.05) is 31.1 Å². The number of halogens is 1. The Morgan fingerprint density at radius 1 is 1.19 bits per heavy atom. The van der Waals surface area contributed by atoms with E-state index in [9.17, 15) is 8.42 Å². The van der Waals surface area contributed by atoms with Crippen LogP contribution < -0.4 is 14.4 Å². The molecule has 1 aliphatic heterocycles. The van der Waals surface area contributed by atoms with E-state index in [-0.39, 0.29) is 23.1 Å². The van der Waals surface area contributed by atoms with Crippen molar-refractivity contribution in [3.8, 4) is 5.75 Å². The first-order valence-corrected chi connectivity index (χ1v) is 9.36. The summed E-state index contributed by atoms with van der Waals surface area (Å²) in [4.78, 5) is 6.09. The number of furan rings is 1. The van der Waals surface area contributed by atoms with E-state index < -0.39 is 10.1 Å². The molecule has 3 aromatic rings. The normalized spacial score (nSPS) is 14.8. The third kappa shape index (κ3) is 3.62. The zero-order valence-electron chi connectivity index (χ0n) is 13.8. The van der Waals surface area contributed by atoms with Crippen molar-refractivity contribution in [2.45, 2.75) is 4.90 Å². The summed E-state index contributed by atoms with van der Waals surface area (Å²) in [5, 5.41) is 4.01. The van der Waals surface area contributed by atoms with Gasteiger partial charge in [-0.05, 0) is 30.3 Å². The summed E-state index contributed by atoms with van der Waals surface area (Å²) < 4.78 is 36.2. The number of fused-ring (bicyclic) bond motifs is 1. The van der Waals surface area contributed by atoms with Crippen LogP contribution in [0.4, 0.5) is 5.69 Å². The fourth-order valence-corrected chi connectivity index (χ4v) is 3.87. The Hall–Kier alpha value is -2.29. The van der Waals surface area contributed by atoms with Crippen LogP contribution in [-0.2, 0) is 10.1 Å². The van der Waals surface area contributed by atoms with Gasteiger partial charge in [-0.15, -0.1) is 12.4 Å². The Kier molecular flexibility index (Phi) is 5.36. The van der Waals surface area contributed by atoms with Gasteiger partial charge < -0.3 is 18.8 Å². The second-order valence-electron chi connectivity index (χ2n) is 5.74. The molecule has 7 nitrogen and oxygen atoms in total. The van der Waals surface area contributed by atoms with Gasteiger partial charge in [-0.2, -0.15) is 8.42 Å². The molecule has 0 bridgehead atoms. The highest BCUT2D eigenvalue weighted by molar-refractivity contribution is 7.87. The molecule has 2 aromatic heterocycles. The molecular weight excluding hydrogens is 378 g/mol. The number of hydrogen-bond acceptors (Lipinski definition) is 7. The lowest BCUT2D eigenvalue weighted by molar-refractivity contribution is 0.485. The van der Waals surface area contributed by atoms with Crippen LogP contribution in [0.1, 0.15) is 0 Å². The molecule has 1 saturated heterocycles. The maximum atomic E-state index is 12.7. The van der Waals surface area contributed by atoms with Crippen LogP contribution in [0, 0.1) is 0 Å². The predicted molar refractivity (Wildman–Crippen MR) is 101 cm³/mol.